The van der Waals surface area contributed by atoms with Crippen LogP contribution in [-0.4, -0.2) is 31.1 Å². The molecule has 0 aliphatic heterocycles. The third-order valence-electron chi connectivity index (χ3n) is 4.30. The maximum atomic E-state index is 12.8. The summed E-state index contributed by atoms with van der Waals surface area (Å²) in [6.07, 6.45) is 0.415. The summed E-state index contributed by atoms with van der Waals surface area (Å²) in [7, 11) is -3.78. The van der Waals surface area contributed by atoms with Crippen molar-refractivity contribution in [3.63, 3.8) is 0 Å². The molecule has 3 rings (SSSR count). The summed E-state index contributed by atoms with van der Waals surface area (Å²) >= 11 is 7.14. The van der Waals surface area contributed by atoms with E-state index < -0.39 is 10.0 Å². The number of hydrogen-bond donors (Lipinski definition) is 2. The summed E-state index contributed by atoms with van der Waals surface area (Å²) in [6, 6.07) is 10.4. The number of aryl methyl sites for hydroxylation is 3. The molecule has 1 amide bonds. The van der Waals surface area contributed by atoms with Gasteiger partial charge in [0, 0.05) is 13.0 Å². The minimum Gasteiger partial charge on any atom is -0.352 e. The highest BCUT2D eigenvalue weighted by atomic mass is 35.5. The fourth-order valence-corrected chi connectivity index (χ4v) is 5.82. The van der Waals surface area contributed by atoms with Gasteiger partial charge in [0.2, 0.25) is 5.13 Å². The molecule has 0 fully saturated rings. The van der Waals surface area contributed by atoms with Crippen LogP contribution in [0.25, 0.3) is 0 Å². The Bertz CT molecular complexity index is 1170. The summed E-state index contributed by atoms with van der Waals surface area (Å²) in [4.78, 5) is 12.4. The van der Waals surface area contributed by atoms with E-state index in [-0.39, 0.29) is 15.9 Å². The maximum absolute atomic E-state index is 12.8. The lowest BCUT2D eigenvalue weighted by molar-refractivity contribution is 0.0954. The second-order valence-electron chi connectivity index (χ2n) is 6.82. The number of nitrogens with zero attached hydrogens (tertiary/aromatic N) is 2. The highest BCUT2D eigenvalue weighted by molar-refractivity contribution is 7.93. The first kappa shape index (κ1) is 22.2. The first-order chi connectivity index (χ1) is 14.2. The molecule has 2 aromatic carbocycles. The zero-order chi connectivity index (χ0) is 21.9. The summed E-state index contributed by atoms with van der Waals surface area (Å²) in [5, 5.41) is 11.9. The molecule has 0 spiro atoms. The zero-order valence-corrected chi connectivity index (χ0v) is 19.1. The Balaban J connectivity index is 1.63. The maximum Gasteiger partial charge on any atom is 0.264 e. The fraction of sp³-hybridized carbons (Fsp3) is 0.250. The van der Waals surface area contributed by atoms with Crippen molar-refractivity contribution in [2.45, 2.75) is 32.1 Å². The minimum absolute atomic E-state index is 0.182. The van der Waals surface area contributed by atoms with E-state index in [0.29, 0.717) is 39.7 Å². The molecule has 158 valence electrons. The number of aromatic nitrogens is 2. The van der Waals surface area contributed by atoms with E-state index in [1.165, 1.54) is 0 Å². The van der Waals surface area contributed by atoms with Crippen molar-refractivity contribution in [3.05, 3.63) is 68.7 Å². The van der Waals surface area contributed by atoms with Crippen LogP contribution in [-0.2, 0) is 16.4 Å². The van der Waals surface area contributed by atoms with Crippen molar-refractivity contribution in [1.82, 2.24) is 15.5 Å². The van der Waals surface area contributed by atoms with Crippen LogP contribution in [0.5, 0.6) is 0 Å². The van der Waals surface area contributed by atoms with Gasteiger partial charge in [-0.2, -0.15) is 0 Å². The second kappa shape index (κ2) is 9.11. The lowest BCUT2D eigenvalue weighted by Gasteiger charge is -2.12. The Hall–Kier alpha value is -2.49. The summed E-state index contributed by atoms with van der Waals surface area (Å²) in [5.41, 5.74) is 2.74. The lowest BCUT2D eigenvalue weighted by Crippen LogP contribution is -2.25. The van der Waals surface area contributed by atoms with Crippen molar-refractivity contribution in [1.29, 1.82) is 0 Å². The zero-order valence-electron chi connectivity index (χ0n) is 16.7. The van der Waals surface area contributed by atoms with Crippen LogP contribution >= 0.6 is 22.9 Å². The highest BCUT2D eigenvalue weighted by Gasteiger charge is 2.22. The molecule has 1 heterocycles. The number of halogens is 1. The Kier molecular flexibility index (Phi) is 6.74. The molecule has 1 aromatic heterocycles. The number of amides is 1. The second-order valence-corrected chi connectivity index (χ2v) is 9.91. The lowest BCUT2D eigenvalue weighted by atomic mass is 10.1. The molecular formula is C20H21ClN4O3S2. The largest absolute Gasteiger partial charge is 0.352 e. The first-order valence-electron chi connectivity index (χ1n) is 9.13. The molecule has 0 saturated carbocycles. The van der Waals surface area contributed by atoms with E-state index in [1.54, 1.807) is 38.1 Å². The normalized spacial score (nSPS) is 11.3. The molecule has 3 aromatic rings. The SMILES string of the molecule is Cc1cc(C)c(S(=O)(=O)Nc2nnc(CCNC(=O)c3ccccc3Cl)s2)c(C)c1. The smallest absolute Gasteiger partial charge is 0.264 e. The standard InChI is InChI=1S/C20H21ClN4O3S2/c1-12-10-13(2)18(14(3)11-12)30(27,28)25-20-24-23-17(29-20)8-9-22-19(26)15-6-4-5-7-16(15)21/h4-7,10-11H,8-9H2,1-3H3,(H,22,26)(H,24,25). The van der Waals surface area contributed by atoms with E-state index in [1.807, 2.05) is 19.1 Å². The number of hydrogen-bond acceptors (Lipinski definition) is 6. The Labute approximate surface area is 184 Å². The molecule has 0 radical (unpaired) electrons. The van der Waals surface area contributed by atoms with E-state index in [9.17, 15) is 13.2 Å². The fourth-order valence-electron chi connectivity index (χ4n) is 3.18. The van der Waals surface area contributed by atoms with Gasteiger partial charge in [-0.1, -0.05) is 52.8 Å². The minimum atomic E-state index is -3.78. The molecule has 0 atom stereocenters. The van der Waals surface area contributed by atoms with Crippen LogP contribution in [0.15, 0.2) is 41.3 Å². The molecule has 0 unspecified atom stereocenters. The van der Waals surface area contributed by atoms with Crippen LogP contribution in [0.2, 0.25) is 5.02 Å². The van der Waals surface area contributed by atoms with Crippen molar-refractivity contribution in [3.8, 4) is 0 Å². The molecule has 0 saturated heterocycles. The van der Waals surface area contributed by atoms with Crippen LogP contribution in [0.1, 0.15) is 32.1 Å². The van der Waals surface area contributed by atoms with Gasteiger partial charge in [-0.05, 0) is 44.0 Å². The number of carbonyl (C=O) groups excluding carboxylic acids is 1. The van der Waals surface area contributed by atoms with Gasteiger partial charge in [0.05, 0.1) is 15.5 Å². The average molecular weight is 465 g/mol. The average Bonchev–Trinajstić information content (AvgIpc) is 3.07. The molecule has 30 heavy (non-hydrogen) atoms. The van der Waals surface area contributed by atoms with E-state index in [0.717, 1.165) is 16.9 Å². The third-order valence-corrected chi connectivity index (χ3v) is 7.31. The van der Waals surface area contributed by atoms with Crippen LogP contribution < -0.4 is 10.0 Å². The van der Waals surface area contributed by atoms with Gasteiger partial charge in [-0.3, -0.25) is 9.52 Å². The van der Waals surface area contributed by atoms with Gasteiger partial charge in [0.15, 0.2) is 0 Å². The van der Waals surface area contributed by atoms with Crippen molar-refractivity contribution >= 4 is 44.0 Å². The Morgan fingerprint density at radius 3 is 2.43 bits per heavy atom. The van der Waals surface area contributed by atoms with Gasteiger partial charge in [-0.25, -0.2) is 8.42 Å². The Morgan fingerprint density at radius 2 is 1.77 bits per heavy atom. The third kappa shape index (κ3) is 5.16. The molecule has 0 aliphatic rings. The van der Waals surface area contributed by atoms with Crippen LogP contribution in [0.4, 0.5) is 5.13 Å². The summed E-state index contributed by atoms with van der Waals surface area (Å²) < 4.78 is 28.1. The monoisotopic (exact) mass is 464 g/mol. The predicted octanol–water partition coefficient (Wildman–Crippen LogP) is 3.89. The van der Waals surface area contributed by atoms with Gasteiger partial charge in [0.1, 0.15) is 5.01 Å². The van der Waals surface area contributed by atoms with Crippen LogP contribution in [0, 0.1) is 20.8 Å². The predicted molar refractivity (Wildman–Crippen MR) is 119 cm³/mol. The molecule has 7 nitrogen and oxygen atoms in total. The molecular weight excluding hydrogens is 444 g/mol. The van der Waals surface area contributed by atoms with Crippen LogP contribution in [0.3, 0.4) is 0 Å². The van der Waals surface area contributed by atoms with Gasteiger partial charge >= 0.3 is 0 Å². The highest BCUT2D eigenvalue weighted by Crippen LogP contribution is 2.25. The van der Waals surface area contributed by atoms with Crippen molar-refractivity contribution < 1.29 is 13.2 Å². The van der Waals surface area contributed by atoms with Gasteiger partial charge < -0.3 is 5.32 Å². The van der Waals surface area contributed by atoms with E-state index in [2.05, 4.69) is 20.2 Å². The summed E-state index contributed by atoms with van der Waals surface area (Å²) in [5.74, 6) is -0.281. The van der Waals surface area contributed by atoms with E-state index in [4.69, 9.17) is 11.6 Å². The van der Waals surface area contributed by atoms with E-state index >= 15 is 0 Å². The topological polar surface area (TPSA) is 101 Å². The number of carbonyl (C=O) groups is 1. The first-order valence-corrected chi connectivity index (χ1v) is 11.8. The number of benzene rings is 2. The number of sulfonamides is 1. The quantitative estimate of drug-likeness (QED) is 0.552. The molecule has 0 bridgehead atoms. The number of nitrogens with one attached hydrogen (secondary N) is 2. The van der Waals surface area contributed by atoms with Crippen molar-refractivity contribution in [2.24, 2.45) is 0 Å². The Morgan fingerprint density at radius 1 is 1.10 bits per heavy atom. The molecule has 0 aliphatic carbocycles. The van der Waals surface area contributed by atoms with Crippen molar-refractivity contribution in [2.75, 3.05) is 11.3 Å². The molecule has 10 heteroatoms. The van der Waals surface area contributed by atoms with Gasteiger partial charge in [0.25, 0.3) is 15.9 Å². The number of rotatable bonds is 7. The molecule has 2 N–H and O–H groups in total. The van der Waals surface area contributed by atoms with Gasteiger partial charge in [-0.15, -0.1) is 10.2 Å². The number of anilines is 1. The summed E-state index contributed by atoms with van der Waals surface area (Å²) in [6.45, 7) is 5.77.